The van der Waals surface area contributed by atoms with Crippen molar-refractivity contribution in [1.29, 1.82) is 0 Å². The standard InChI is InChI=1S/C17H26N4O4/c1-11-18-16(25-20-11)13-7-8-21(17(23)12-5-3-4-6-12)9-14(13)19-15(22)10-24-2/h12-14H,3-10H2,1-2H3,(H,19,22)/t13-,14+/m0/s1. The second-order valence-electron chi connectivity index (χ2n) is 6.95. The Morgan fingerprint density at radius 3 is 2.72 bits per heavy atom. The zero-order chi connectivity index (χ0) is 17.8. The molecule has 1 N–H and O–H groups in total. The number of carbonyl (C=O) groups is 2. The van der Waals surface area contributed by atoms with Gasteiger partial charge in [-0.1, -0.05) is 18.0 Å². The Morgan fingerprint density at radius 2 is 2.08 bits per heavy atom. The molecular formula is C17H26N4O4. The molecule has 8 nitrogen and oxygen atoms in total. The van der Waals surface area contributed by atoms with E-state index in [-0.39, 0.29) is 36.3 Å². The van der Waals surface area contributed by atoms with Crippen LogP contribution < -0.4 is 5.32 Å². The second kappa shape index (κ2) is 7.95. The van der Waals surface area contributed by atoms with E-state index in [2.05, 4.69) is 15.5 Å². The van der Waals surface area contributed by atoms with Gasteiger partial charge in [-0.2, -0.15) is 4.98 Å². The summed E-state index contributed by atoms with van der Waals surface area (Å²) in [6.45, 7) is 2.88. The smallest absolute Gasteiger partial charge is 0.246 e. The highest BCUT2D eigenvalue weighted by molar-refractivity contribution is 5.80. The van der Waals surface area contributed by atoms with E-state index < -0.39 is 0 Å². The van der Waals surface area contributed by atoms with Crippen molar-refractivity contribution in [2.75, 3.05) is 26.8 Å². The van der Waals surface area contributed by atoms with Gasteiger partial charge in [0.15, 0.2) is 5.82 Å². The van der Waals surface area contributed by atoms with E-state index in [1.165, 1.54) is 7.11 Å². The van der Waals surface area contributed by atoms with E-state index >= 15 is 0 Å². The zero-order valence-electron chi connectivity index (χ0n) is 14.9. The fourth-order valence-corrected chi connectivity index (χ4v) is 3.87. The van der Waals surface area contributed by atoms with Crippen molar-refractivity contribution in [3.63, 3.8) is 0 Å². The number of carbonyl (C=O) groups excluding carboxylic acids is 2. The number of amides is 2. The highest BCUT2D eigenvalue weighted by Gasteiger charge is 2.38. The van der Waals surface area contributed by atoms with Gasteiger partial charge in [0.1, 0.15) is 6.61 Å². The Bertz CT molecular complexity index is 612. The van der Waals surface area contributed by atoms with E-state index in [0.717, 1.165) is 25.7 Å². The van der Waals surface area contributed by atoms with Gasteiger partial charge in [-0.25, -0.2) is 0 Å². The Kier molecular flexibility index (Phi) is 5.67. The maximum absolute atomic E-state index is 12.7. The Balaban J connectivity index is 1.72. The van der Waals surface area contributed by atoms with Crippen molar-refractivity contribution < 1.29 is 18.8 Å². The molecule has 0 unspecified atom stereocenters. The summed E-state index contributed by atoms with van der Waals surface area (Å²) >= 11 is 0. The monoisotopic (exact) mass is 350 g/mol. The van der Waals surface area contributed by atoms with Gasteiger partial charge in [-0.15, -0.1) is 0 Å². The summed E-state index contributed by atoms with van der Waals surface area (Å²) in [4.78, 5) is 31.0. The molecule has 3 rings (SSSR count). The van der Waals surface area contributed by atoms with Crippen LogP contribution in [0.2, 0.25) is 0 Å². The van der Waals surface area contributed by atoms with Crippen LogP contribution in [-0.4, -0.2) is 59.7 Å². The molecule has 0 radical (unpaired) electrons. The maximum Gasteiger partial charge on any atom is 0.246 e. The molecule has 2 amide bonds. The molecule has 2 fully saturated rings. The number of rotatable bonds is 5. The van der Waals surface area contributed by atoms with Crippen LogP contribution in [0.15, 0.2) is 4.52 Å². The van der Waals surface area contributed by atoms with Crippen molar-refractivity contribution in [2.45, 2.75) is 51.0 Å². The predicted octanol–water partition coefficient (Wildman–Crippen LogP) is 1.02. The lowest BCUT2D eigenvalue weighted by Gasteiger charge is -2.38. The van der Waals surface area contributed by atoms with Crippen LogP contribution in [0.5, 0.6) is 0 Å². The molecule has 138 valence electrons. The lowest BCUT2D eigenvalue weighted by Crippen LogP contribution is -2.54. The number of nitrogens with zero attached hydrogens (tertiary/aromatic N) is 3. The number of aryl methyl sites for hydroxylation is 1. The molecule has 1 aromatic heterocycles. The van der Waals surface area contributed by atoms with Gasteiger partial charge >= 0.3 is 0 Å². The molecule has 1 saturated carbocycles. The third kappa shape index (κ3) is 4.18. The van der Waals surface area contributed by atoms with E-state index in [4.69, 9.17) is 9.26 Å². The van der Waals surface area contributed by atoms with Crippen LogP contribution in [0, 0.1) is 12.8 Å². The highest BCUT2D eigenvalue weighted by Crippen LogP contribution is 2.31. The molecule has 1 aliphatic heterocycles. The maximum atomic E-state index is 12.7. The van der Waals surface area contributed by atoms with Crippen LogP contribution >= 0.6 is 0 Å². The number of piperidine rings is 1. The molecule has 25 heavy (non-hydrogen) atoms. The Labute approximate surface area is 147 Å². The summed E-state index contributed by atoms with van der Waals surface area (Å²) in [7, 11) is 1.48. The molecule has 8 heteroatoms. The SMILES string of the molecule is COCC(=O)N[C@@H]1CN(C(=O)C2CCCC2)CC[C@@H]1c1nc(C)no1. The van der Waals surface area contributed by atoms with Gasteiger partial charge in [0.05, 0.1) is 12.0 Å². The van der Waals surface area contributed by atoms with Crippen molar-refractivity contribution in [1.82, 2.24) is 20.4 Å². The summed E-state index contributed by atoms with van der Waals surface area (Å²) in [5, 5.41) is 6.82. The second-order valence-corrected chi connectivity index (χ2v) is 6.95. The normalized spacial score (nSPS) is 24.5. The average molecular weight is 350 g/mol. The minimum absolute atomic E-state index is 0.0113. The lowest BCUT2D eigenvalue weighted by atomic mass is 9.90. The van der Waals surface area contributed by atoms with Gasteiger partial charge in [0, 0.05) is 26.1 Å². The van der Waals surface area contributed by atoms with Crippen molar-refractivity contribution >= 4 is 11.8 Å². The number of hydrogen-bond donors (Lipinski definition) is 1. The number of ether oxygens (including phenoxy) is 1. The van der Waals surface area contributed by atoms with Crippen molar-refractivity contribution in [3.05, 3.63) is 11.7 Å². The van der Waals surface area contributed by atoms with Gasteiger partial charge in [-0.3, -0.25) is 9.59 Å². The summed E-state index contributed by atoms with van der Waals surface area (Å²) in [6.07, 6.45) is 4.90. The number of likely N-dealkylation sites (tertiary alicyclic amines) is 1. The highest BCUT2D eigenvalue weighted by atomic mass is 16.5. The molecule has 2 heterocycles. The number of hydrogen-bond acceptors (Lipinski definition) is 6. The van der Waals surface area contributed by atoms with E-state index in [1.807, 2.05) is 4.90 Å². The summed E-state index contributed by atoms with van der Waals surface area (Å²) in [5.74, 6) is 1.15. The van der Waals surface area contributed by atoms with E-state index in [0.29, 0.717) is 31.2 Å². The van der Waals surface area contributed by atoms with Gasteiger partial charge < -0.3 is 19.5 Å². The van der Waals surface area contributed by atoms with E-state index in [9.17, 15) is 9.59 Å². The number of methoxy groups -OCH3 is 1. The summed E-state index contributed by atoms with van der Waals surface area (Å²) < 4.78 is 10.2. The van der Waals surface area contributed by atoms with Crippen molar-refractivity contribution in [3.8, 4) is 0 Å². The van der Waals surface area contributed by atoms with Crippen LogP contribution in [0.4, 0.5) is 0 Å². The van der Waals surface area contributed by atoms with Gasteiger partial charge in [0.25, 0.3) is 0 Å². The topological polar surface area (TPSA) is 97.6 Å². The molecule has 0 aromatic carbocycles. The molecule has 1 aromatic rings. The number of aromatic nitrogens is 2. The molecule has 1 aliphatic carbocycles. The largest absolute Gasteiger partial charge is 0.375 e. The molecule has 1 saturated heterocycles. The Hall–Kier alpha value is -1.96. The molecule has 0 spiro atoms. The van der Waals surface area contributed by atoms with E-state index in [1.54, 1.807) is 6.92 Å². The zero-order valence-corrected chi connectivity index (χ0v) is 14.9. The first-order valence-electron chi connectivity index (χ1n) is 8.95. The first kappa shape index (κ1) is 17.8. The first-order valence-corrected chi connectivity index (χ1v) is 8.95. The van der Waals surface area contributed by atoms with Crippen molar-refractivity contribution in [2.24, 2.45) is 5.92 Å². The van der Waals surface area contributed by atoms with Gasteiger partial charge in [0.2, 0.25) is 17.7 Å². The number of nitrogens with one attached hydrogen (secondary N) is 1. The Morgan fingerprint density at radius 1 is 1.32 bits per heavy atom. The minimum atomic E-state index is -0.249. The molecular weight excluding hydrogens is 324 g/mol. The van der Waals surface area contributed by atoms with Crippen LogP contribution in [0.1, 0.15) is 49.7 Å². The third-order valence-corrected chi connectivity index (χ3v) is 5.11. The fraction of sp³-hybridized carbons (Fsp3) is 0.765. The fourth-order valence-electron chi connectivity index (χ4n) is 3.87. The van der Waals surface area contributed by atoms with Crippen LogP contribution in [-0.2, 0) is 14.3 Å². The lowest BCUT2D eigenvalue weighted by molar-refractivity contribution is -0.138. The minimum Gasteiger partial charge on any atom is -0.375 e. The van der Waals surface area contributed by atoms with Gasteiger partial charge in [-0.05, 0) is 26.2 Å². The van der Waals surface area contributed by atoms with Crippen LogP contribution in [0.25, 0.3) is 0 Å². The quantitative estimate of drug-likeness (QED) is 0.851. The summed E-state index contributed by atoms with van der Waals surface area (Å²) in [6, 6.07) is -0.249. The molecule has 2 aliphatic rings. The average Bonchev–Trinajstić information content (AvgIpc) is 3.26. The first-order chi connectivity index (χ1) is 12.1. The predicted molar refractivity (Wildman–Crippen MR) is 88.7 cm³/mol. The molecule has 2 atom stereocenters. The molecule has 0 bridgehead atoms. The van der Waals surface area contributed by atoms with Crippen LogP contribution in [0.3, 0.4) is 0 Å². The summed E-state index contributed by atoms with van der Waals surface area (Å²) in [5.41, 5.74) is 0. The third-order valence-electron chi connectivity index (χ3n) is 5.11.